The SMILES string of the molecule is CC(=O)O[C@H]1CC[C@]2(C)C3=C(CC[C@H]2C1(C)C)[C@]1(C)CC[C@H]([C@H](C)CCC(=O)O)[C@@]1(C)CC3. The molecular weight excluding hydrogens is 412 g/mol. The fourth-order valence-corrected chi connectivity index (χ4v) is 9.58. The average molecular weight is 459 g/mol. The highest BCUT2D eigenvalue weighted by Gasteiger charge is 2.63. The molecule has 186 valence electrons. The molecule has 0 aromatic heterocycles. The van der Waals surface area contributed by atoms with Gasteiger partial charge in [-0.2, -0.15) is 0 Å². The van der Waals surface area contributed by atoms with E-state index in [9.17, 15) is 14.7 Å². The molecule has 1 N–H and O–H groups in total. The minimum absolute atomic E-state index is 0.0115. The number of ether oxygens (including phenoxy) is 1. The average Bonchev–Trinajstić information content (AvgIpc) is 3.00. The first-order valence-corrected chi connectivity index (χ1v) is 13.4. The van der Waals surface area contributed by atoms with E-state index in [1.165, 1.54) is 38.5 Å². The molecule has 4 rings (SSSR count). The number of fused-ring (bicyclic) bond motifs is 4. The highest BCUT2D eigenvalue weighted by Crippen LogP contribution is 2.72. The van der Waals surface area contributed by atoms with E-state index in [1.807, 2.05) is 0 Å². The van der Waals surface area contributed by atoms with E-state index >= 15 is 0 Å². The molecule has 2 saturated carbocycles. The van der Waals surface area contributed by atoms with Crippen LogP contribution in [0.15, 0.2) is 11.1 Å². The van der Waals surface area contributed by atoms with Crippen LogP contribution in [0.2, 0.25) is 0 Å². The fourth-order valence-electron chi connectivity index (χ4n) is 9.58. The molecule has 33 heavy (non-hydrogen) atoms. The zero-order chi connectivity index (χ0) is 24.4. The van der Waals surface area contributed by atoms with Gasteiger partial charge in [-0.3, -0.25) is 9.59 Å². The first-order valence-electron chi connectivity index (χ1n) is 13.4. The Kier molecular flexibility index (Phi) is 6.10. The topological polar surface area (TPSA) is 63.6 Å². The van der Waals surface area contributed by atoms with Gasteiger partial charge in [0.25, 0.3) is 0 Å². The summed E-state index contributed by atoms with van der Waals surface area (Å²) in [6, 6.07) is 0. The molecule has 4 nitrogen and oxygen atoms in total. The number of hydrogen-bond donors (Lipinski definition) is 1. The van der Waals surface area contributed by atoms with Crippen molar-refractivity contribution in [3.63, 3.8) is 0 Å². The van der Waals surface area contributed by atoms with Gasteiger partial charge >= 0.3 is 11.9 Å². The van der Waals surface area contributed by atoms with Crippen molar-refractivity contribution < 1.29 is 19.4 Å². The monoisotopic (exact) mass is 458 g/mol. The van der Waals surface area contributed by atoms with Gasteiger partial charge in [-0.05, 0) is 91.8 Å². The molecule has 4 heteroatoms. The van der Waals surface area contributed by atoms with Gasteiger partial charge in [-0.1, -0.05) is 52.7 Å². The van der Waals surface area contributed by atoms with E-state index in [2.05, 4.69) is 41.5 Å². The lowest BCUT2D eigenvalue weighted by Gasteiger charge is -2.62. The number of aliphatic carboxylic acids is 1. The van der Waals surface area contributed by atoms with Crippen LogP contribution < -0.4 is 0 Å². The van der Waals surface area contributed by atoms with Gasteiger partial charge in [0.1, 0.15) is 6.10 Å². The van der Waals surface area contributed by atoms with Crippen molar-refractivity contribution in [2.45, 2.75) is 119 Å². The molecule has 0 bridgehead atoms. The molecule has 0 heterocycles. The summed E-state index contributed by atoms with van der Waals surface area (Å²) < 4.78 is 5.83. The zero-order valence-corrected chi connectivity index (χ0v) is 22.1. The number of esters is 1. The van der Waals surface area contributed by atoms with E-state index in [-0.39, 0.29) is 40.2 Å². The van der Waals surface area contributed by atoms with Crippen molar-refractivity contribution in [3.05, 3.63) is 11.1 Å². The molecule has 0 radical (unpaired) electrons. The highest BCUT2D eigenvalue weighted by atomic mass is 16.5. The fraction of sp³-hybridized carbons (Fsp3) is 0.862. The van der Waals surface area contributed by atoms with E-state index in [1.54, 1.807) is 18.1 Å². The summed E-state index contributed by atoms with van der Waals surface area (Å²) in [5.41, 5.74) is 4.18. The van der Waals surface area contributed by atoms with E-state index in [0.29, 0.717) is 17.8 Å². The Morgan fingerprint density at radius 1 is 1.00 bits per heavy atom. The molecule has 0 spiro atoms. The number of carbonyl (C=O) groups is 2. The second kappa shape index (κ2) is 8.12. The van der Waals surface area contributed by atoms with E-state index in [4.69, 9.17) is 4.74 Å². The third-order valence-corrected chi connectivity index (χ3v) is 11.6. The molecule has 0 unspecified atom stereocenters. The second-order valence-electron chi connectivity index (χ2n) is 13.2. The molecule has 2 fully saturated rings. The predicted molar refractivity (Wildman–Crippen MR) is 131 cm³/mol. The molecule has 0 saturated heterocycles. The second-order valence-corrected chi connectivity index (χ2v) is 13.2. The zero-order valence-electron chi connectivity index (χ0n) is 22.1. The maximum absolute atomic E-state index is 11.8. The molecule has 4 aliphatic rings. The van der Waals surface area contributed by atoms with Gasteiger partial charge in [0.2, 0.25) is 0 Å². The van der Waals surface area contributed by atoms with Crippen LogP contribution in [0, 0.1) is 39.4 Å². The minimum atomic E-state index is -0.667. The minimum Gasteiger partial charge on any atom is -0.481 e. The van der Waals surface area contributed by atoms with Crippen molar-refractivity contribution in [1.29, 1.82) is 0 Å². The maximum atomic E-state index is 11.8. The summed E-state index contributed by atoms with van der Waals surface area (Å²) >= 11 is 0. The van der Waals surface area contributed by atoms with Crippen molar-refractivity contribution in [3.8, 4) is 0 Å². The summed E-state index contributed by atoms with van der Waals surface area (Å²) in [7, 11) is 0. The number of carboxylic acid groups (broad SMARTS) is 1. The van der Waals surface area contributed by atoms with Gasteiger partial charge in [0, 0.05) is 18.8 Å². The Labute approximate surface area is 200 Å². The highest BCUT2D eigenvalue weighted by molar-refractivity contribution is 5.66. The molecular formula is C29H46O4. The molecule has 4 aliphatic carbocycles. The van der Waals surface area contributed by atoms with E-state index < -0.39 is 5.97 Å². The van der Waals surface area contributed by atoms with Crippen molar-refractivity contribution in [1.82, 2.24) is 0 Å². The predicted octanol–water partition coefficient (Wildman–Crippen LogP) is 7.17. The van der Waals surface area contributed by atoms with Crippen molar-refractivity contribution in [2.24, 2.45) is 39.4 Å². The van der Waals surface area contributed by atoms with Crippen LogP contribution in [-0.4, -0.2) is 23.1 Å². The number of carboxylic acids is 1. The lowest BCUT2D eigenvalue weighted by Crippen LogP contribution is -2.55. The van der Waals surface area contributed by atoms with Gasteiger partial charge in [0.15, 0.2) is 0 Å². The van der Waals surface area contributed by atoms with Crippen LogP contribution in [0.4, 0.5) is 0 Å². The molecule has 7 atom stereocenters. The van der Waals surface area contributed by atoms with Crippen LogP contribution in [-0.2, 0) is 14.3 Å². The summed E-state index contributed by atoms with van der Waals surface area (Å²) in [4.78, 5) is 23.0. The van der Waals surface area contributed by atoms with Crippen LogP contribution >= 0.6 is 0 Å². The Balaban J connectivity index is 1.65. The normalized spacial score (nSPS) is 42.7. The van der Waals surface area contributed by atoms with Gasteiger partial charge < -0.3 is 9.84 Å². The lowest BCUT2D eigenvalue weighted by atomic mass is 9.43. The molecule has 0 aromatic carbocycles. The molecule has 0 aliphatic heterocycles. The third kappa shape index (κ3) is 3.60. The van der Waals surface area contributed by atoms with Crippen LogP contribution in [0.1, 0.15) is 113 Å². The van der Waals surface area contributed by atoms with Gasteiger partial charge in [-0.25, -0.2) is 0 Å². The quantitative estimate of drug-likeness (QED) is 0.350. The largest absolute Gasteiger partial charge is 0.481 e. The summed E-state index contributed by atoms with van der Waals surface area (Å²) in [5, 5.41) is 9.22. The smallest absolute Gasteiger partial charge is 0.303 e. The van der Waals surface area contributed by atoms with Crippen LogP contribution in [0.3, 0.4) is 0 Å². The summed E-state index contributed by atoms with van der Waals surface area (Å²) in [6.07, 6.45) is 10.4. The van der Waals surface area contributed by atoms with Gasteiger partial charge in [0.05, 0.1) is 0 Å². The first-order chi connectivity index (χ1) is 15.3. The van der Waals surface area contributed by atoms with Crippen LogP contribution in [0.5, 0.6) is 0 Å². The number of carbonyl (C=O) groups excluding carboxylic acids is 1. The van der Waals surface area contributed by atoms with Gasteiger partial charge in [-0.15, -0.1) is 0 Å². The number of rotatable bonds is 5. The number of allylic oxidation sites excluding steroid dienone is 2. The van der Waals surface area contributed by atoms with Crippen LogP contribution in [0.25, 0.3) is 0 Å². The molecule has 0 aromatic rings. The lowest BCUT2D eigenvalue weighted by molar-refractivity contribution is -0.167. The standard InChI is InChI=1S/C29H46O4/c1-18(8-11-25(31)32)20-12-16-29(7)22-9-10-23-26(3,4)24(33-19(2)30)14-15-27(23,5)21(22)13-17-28(20,29)6/h18,20,23-24H,8-17H2,1-7H3,(H,31,32)/t18-,20-,23+,24+,27-,28-,29+/m1/s1. The Morgan fingerprint density at radius 2 is 1.70 bits per heavy atom. The Bertz CT molecular complexity index is 856. The summed E-state index contributed by atoms with van der Waals surface area (Å²) in [5.74, 6) is 0.793. The summed E-state index contributed by atoms with van der Waals surface area (Å²) in [6.45, 7) is 16.1. The Morgan fingerprint density at radius 3 is 2.33 bits per heavy atom. The molecule has 0 amide bonds. The Hall–Kier alpha value is -1.32. The third-order valence-electron chi connectivity index (χ3n) is 11.6. The van der Waals surface area contributed by atoms with E-state index in [0.717, 1.165) is 19.3 Å². The maximum Gasteiger partial charge on any atom is 0.303 e. The first kappa shape index (κ1) is 24.8. The number of hydrogen-bond acceptors (Lipinski definition) is 3. The van der Waals surface area contributed by atoms with Crippen molar-refractivity contribution in [2.75, 3.05) is 0 Å². The van der Waals surface area contributed by atoms with Crippen molar-refractivity contribution >= 4 is 11.9 Å².